The molecule has 6 nitrogen and oxygen atoms in total. The van der Waals surface area contributed by atoms with Crippen molar-refractivity contribution in [3.8, 4) is 11.3 Å². The molecule has 0 amide bonds. The molecule has 1 aliphatic carbocycles. The normalized spacial score (nSPS) is 15.4. The van der Waals surface area contributed by atoms with Crippen molar-refractivity contribution in [2.24, 2.45) is 0 Å². The van der Waals surface area contributed by atoms with Gasteiger partial charge in [0, 0.05) is 48.5 Å². The molecule has 0 atom stereocenters. The smallest absolute Gasteiger partial charge is 0.328 e. The zero-order valence-corrected chi connectivity index (χ0v) is 16.4. The van der Waals surface area contributed by atoms with E-state index in [0.29, 0.717) is 12.2 Å². The molecule has 2 aliphatic rings. The lowest BCUT2D eigenvalue weighted by molar-refractivity contribution is -0.134. The van der Waals surface area contributed by atoms with Gasteiger partial charge in [-0.2, -0.15) is 0 Å². The van der Waals surface area contributed by atoms with E-state index in [4.69, 9.17) is 15.2 Å². The largest absolute Gasteiger partial charge is 0.478 e. The van der Waals surface area contributed by atoms with Gasteiger partial charge in [-0.1, -0.05) is 35.9 Å². The molecule has 0 radical (unpaired) electrons. The van der Waals surface area contributed by atoms with E-state index < -0.39 is 11.9 Å². The summed E-state index contributed by atoms with van der Waals surface area (Å²) in [5.74, 6) is -2.51. The van der Waals surface area contributed by atoms with Gasteiger partial charge >= 0.3 is 11.9 Å². The number of hydrogen-bond donors (Lipinski definition) is 2. The topological polar surface area (TPSA) is 90.7 Å². The fraction of sp³-hybridized carbons (Fsp3) is 0.286. The first-order chi connectivity index (χ1) is 13.4. The number of carboxylic acid groups (broad SMARTS) is 2. The number of rotatable bonds is 4. The monoisotopic (exact) mass is 398 g/mol. The Morgan fingerprint density at radius 2 is 1.93 bits per heavy atom. The summed E-state index contributed by atoms with van der Waals surface area (Å²) in [5, 5.41) is 16.9. The van der Waals surface area contributed by atoms with Crippen LogP contribution in [0.3, 0.4) is 0 Å². The van der Waals surface area contributed by atoms with Gasteiger partial charge < -0.3 is 15.1 Å². The lowest BCUT2D eigenvalue weighted by atomic mass is 10.1. The lowest BCUT2D eigenvalue weighted by Gasteiger charge is -2.21. The van der Waals surface area contributed by atoms with Crippen molar-refractivity contribution in [3.63, 3.8) is 0 Å². The van der Waals surface area contributed by atoms with Crippen molar-refractivity contribution in [3.05, 3.63) is 63.5 Å². The van der Waals surface area contributed by atoms with E-state index in [1.165, 1.54) is 39.7 Å². The number of thiazole rings is 1. The molecule has 7 heteroatoms. The Bertz CT molecular complexity index is 930. The summed E-state index contributed by atoms with van der Waals surface area (Å²) in [4.78, 5) is 27.8. The van der Waals surface area contributed by atoms with Crippen LogP contribution in [0.1, 0.15) is 21.9 Å². The van der Waals surface area contributed by atoms with Gasteiger partial charge in [0.2, 0.25) is 0 Å². The highest BCUT2D eigenvalue weighted by Gasteiger charge is 2.23. The first kappa shape index (κ1) is 20.0. The van der Waals surface area contributed by atoms with E-state index in [2.05, 4.69) is 42.3 Å². The molecule has 0 fully saturated rings. The second-order valence-corrected chi connectivity index (χ2v) is 7.94. The summed E-state index contributed by atoms with van der Waals surface area (Å²) in [6, 6.07) is 8.68. The molecule has 2 aromatic rings. The van der Waals surface area contributed by atoms with Crippen LogP contribution < -0.4 is 0 Å². The van der Waals surface area contributed by atoms with Crippen LogP contribution in [0.4, 0.5) is 0 Å². The van der Waals surface area contributed by atoms with Gasteiger partial charge in [0.15, 0.2) is 0 Å². The molecule has 1 aliphatic heterocycles. The van der Waals surface area contributed by atoms with Gasteiger partial charge in [0.05, 0.1) is 10.7 Å². The van der Waals surface area contributed by atoms with Crippen LogP contribution in [0.2, 0.25) is 0 Å². The molecule has 1 aromatic heterocycles. The number of nitrogens with zero attached hydrogens (tertiary/aromatic N) is 2. The Kier molecular flexibility index (Phi) is 6.38. The molecule has 4 rings (SSSR count). The summed E-state index contributed by atoms with van der Waals surface area (Å²) in [7, 11) is 2.18. The number of aliphatic carboxylic acids is 2. The van der Waals surface area contributed by atoms with Gasteiger partial charge in [-0.3, -0.25) is 0 Å². The van der Waals surface area contributed by atoms with E-state index in [0.717, 1.165) is 19.4 Å². The quantitative estimate of drug-likeness (QED) is 0.518. The van der Waals surface area contributed by atoms with Crippen LogP contribution in [0.25, 0.3) is 11.3 Å². The second-order valence-electron chi connectivity index (χ2n) is 6.77. The van der Waals surface area contributed by atoms with E-state index >= 15 is 0 Å². The maximum atomic E-state index is 9.55. The van der Waals surface area contributed by atoms with Crippen molar-refractivity contribution >= 4 is 23.3 Å². The molecule has 0 saturated heterocycles. The first-order valence-corrected chi connectivity index (χ1v) is 9.81. The first-order valence-electron chi connectivity index (χ1n) is 8.99. The highest BCUT2D eigenvalue weighted by molar-refractivity contribution is 7.12. The van der Waals surface area contributed by atoms with Crippen molar-refractivity contribution in [1.29, 1.82) is 0 Å². The number of carbonyl (C=O) groups is 2. The minimum absolute atomic E-state index is 0.558. The third-order valence-electron chi connectivity index (χ3n) is 4.62. The number of carboxylic acids is 2. The standard InChI is InChI=1S/C17H18N2S.C4H4O4/c1-19-8-6-12(7-9-19)10-16-18-17-14-5-3-2-4-13(14)11-15(17)20-16;5-3(6)1-2-4(7)8/h2-6H,7-11H2,1H3;1-2H,(H,5,6)(H,7,8)/b;2-1+. The Morgan fingerprint density at radius 1 is 1.21 bits per heavy atom. The Hall–Kier alpha value is -2.77. The van der Waals surface area contributed by atoms with Crippen LogP contribution in [0.15, 0.2) is 48.1 Å². The SMILES string of the molecule is CN1CC=C(Cc2nc3c(s2)Cc2ccccc2-3)CC1.O=C(O)/C=C/C(=O)O. The number of aromatic nitrogens is 1. The number of fused-ring (bicyclic) bond motifs is 3. The minimum atomic E-state index is -1.26. The molecule has 146 valence electrons. The zero-order valence-electron chi connectivity index (χ0n) is 15.6. The summed E-state index contributed by atoms with van der Waals surface area (Å²) >= 11 is 1.91. The summed E-state index contributed by atoms with van der Waals surface area (Å²) in [6.07, 6.45) is 6.81. The Labute approximate surface area is 167 Å². The van der Waals surface area contributed by atoms with Crippen molar-refractivity contribution in [1.82, 2.24) is 9.88 Å². The average Bonchev–Trinajstić information content (AvgIpc) is 3.20. The highest BCUT2D eigenvalue weighted by Crippen LogP contribution is 2.39. The summed E-state index contributed by atoms with van der Waals surface area (Å²) < 4.78 is 0. The Balaban J connectivity index is 0.000000242. The molecular weight excluding hydrogens is 376 g/mol. The van der Waals surface area contributed by atoms with E-state index in [9.17, 15) is 9.59 Å². The van der Waals surface area contributed by atoms with Crippen molar-refractivity contribution in [2.45, 2.75) is 19.3 Å². The van der Waals surface area contributed by atoms with Crippen LogP contribution >= 0.6 is 11.3 Å². The maximum Gasteiger partial charge on any atom is 0.328 e. The predicted octanol–water partition coefficient (Wildman–Crippen LogP) is 3.23. The fourth-order valence-electron chi connectivity index (χ4n) is 3.19. The third kappa shape index (κ3) is 5.15. The Morgan fingerprint density at radius 3 is 2.57 bits per heavy atom. The van der Waals surface area contributed by atoms with Gasteiger partial charge in [-0.15, -0.1) is 11.3 Å². The minimum Gasteiger partial charge on any atom is -0.478 e. The molecule has 0 bridgehead atoms. The molecule has 2 N–H and O–H groups in total. The molecule has 2 heterocycles. The van der Waals surface area contributed by atoms with Gasteiger partial charge in [0.1, 0.15) is 0 Å². The van der Waals surface area contributed by atoms with Gasteiger partial charge in [-0.05, 0) is 19.0 Å². The highest BCUT2D eigenvalue weighted by atomic mass is 32.1. The van der Waals surface area contributed by atoms with Crippen LogP contribution in [0, 0.1) is 0 Å². The number of benzene rings is 1. The summed E-state index contributed by atoms with van der Waals surface area (Å²) in [5.41, 5.74) is 5.59. The maximum absolute atomic E-state index is 9.55. The molecule has 0 unspecified atom stereocenters. The lowest BCUT2D eigenvalue weighted by Crippen LogP contribution is -2.24. The molecular formula is C21H22N2O4S. The van der Waals surface area contributed by atoms with Crippen LogP contribution in [-0.4, -0.2) is 52.2 Å². The van der Waals surface area contributed by atoms with Crippen LogP contribution in [0.5, 0.6) is 0 Å². The summed E-state index contributed by atoms with van der Waals surface area (Å²) in [6.45, 7) is 2.27. The zero-order chi connectivity index (χ0) is 20.1. The van der Waals surface area contributed by atoms with E-state index in [1.807, 2.05) is 11.3 Å². The van der Waals surface area contributed by atoms with E-state index in [-0.39, 0.29) is 0 Å². The van der Waals surface area contributed by atoms with E-state index in [1.54, 1.807) is 5.57 Å². The fourth-order valence-corrected chi connectivity index (χ4v) is 4.35. The van der Waals surface area contributed by atoms with Gasteiger partial charge in [-0.25, -0.2) is 14.6 Å². The number of hydrogen-bond acceptors (Lipinski definition) is 5. The van der Waals surface area contributed by atoms with Crippen LogP contribution in [-0.2, 0) is 22.4 Å². The molecule has 0 spiro atoms. The molecule has 1 aromatic carbocycles. The predicted molar refractivity (Wildman–Crippen MR) is 109 cm³/mol. The number of likely N-dealkylation sites (N-methyl/N-ethyl adjacent to an activating group) is 1. The van der Waals surface area contributed by atoms with Gasteiger partial charge in [0.25, 0.3) is 0 Å². The van der Waals surface area contributed by atoms with Crippen molar-refractivity contribution < 1.29 is 19.8 Å². The third-order valence-corrected chi connectivity index (χ3v) is 5.67. The second kappa shape index (κ2) is 8.95. The average molecular weight is 398 g/mol. The molecule has 28 heavy (non-hydrogen) atoms. The van der Waals surface area contributed by atoms with Crippen molar-refractivity contribution in [2.75, 3.05) is 20.1 Å². The molecule has 0 saturated carbocycles.